The zero-order valence-corrected chi connectivity index (χ0v) is 14.0. The van der Waals surface area contributed by atoms with Gasteiger partial charge in [0.05, 0.1) is 5.56 Å². The lowest BCUT2D eigenvalue weighted by Gasteiger charge is -2.12. The number of primary amides is 1. The summed E-state index contributed by atoms with van der Waals surface area (Å²) in [5.74, 6) is -2.56. The number of hydrogen-bond donors (Lipinski definition) is 2. The molecule has 2 amide bonds. The highest BCUT2D eigenvalue weighted by molar-refractivity contribution is 7.14. The van der Waals surface area contributed by atoms with Crippen LogP contribution in [0.5, 0.6) is 0 Å². The SMILES string of the molecule is C[C@@H](OC(=O)/C=C/c1ccccc1F)C(=O)Nc1sccc1C(N)=O. The minimum Gasteiger partial charge on any atom is -0.449 e. The molecule has 0 saturated heterocycles. The lowest BCUT2D eigenvalue weighted by atomic mass is 10.2. The van der Waals surface area contributed by atoms with Crippen molar-refractivity contribution in [3.05, 3.63) is 58.7 Å². The molecule has 0 bridgehead atoms. The monoisotopic (exact) mass is 362 g/mol. The maximum absolute atomic E-state index is 13.4. The van der Waals surface area contributed by atoms with Gasteiger partial charge in [0.1, 0.15) is 10.8 Å². The van der Waals surface area contributed by atoms with E-state index in [2.05, 4.69) is 5.32 Å². The minimum absolute atomic E-state index is 0.177. The number of nitrogens with one attached hydrogen (secondary N) is 1. The number of ether oxygens (including phenoxy) is 1. The molecule has 2 aromatic rings. The van der Waals surface area contributed by atoms with Gasteiger partial charge in [-0.1, -0.05) is 18.2 Å². The average Bonchev–Trinajstić information content (AvgIpc) is 3.02. The molecule has 8 heteroatoms. The van der Waals surface area contributed by atoms with Crippen molar-refractivity contribution in [1.82, 2.24) is 0 Å². The average molecular weight is 362 g/mol. The first-order valence-electron chi connectivity index (χ1n) is 7.20. The van der Waals surface area contributed by atoms with E-state index in [0.717, 1.165) is 17.4 Å². The number of rotatable bonds is 6. The summed E-state index contributed by atoms with van der Waals surface area (Å²) >= 11 is 1.12. The Morgan fingerprint density at radius 2 is 2.00 bits per heavy atom. The fourth-order valence-electron chi connectivity index (χ4n) is 1.85. The molecule has 0 radical (unpaired) electrons. The smallest absolute Gasteiger partial charge is 0.331 e. The summed E-state index contributed by atoms with van der Waals surface area (Å²) in [5, 5.41) is 4.36. The van der Waals surface area contributed by atoms with Gasteiger partial charge in [0, 0.05) is 11.6 Å². The Hall–Kier alpha value is -3.00. The van der Waals surface area contributed by atoms with Crippen molar-refractivity contribution in [3.8, 4) is 0 Å². The molecule has 1 aromatic carbocycles. The Kier molecular flexibility index (Phi) is 6.02. The summed E-state index contributed by atoms with van der Waals surface area (Å²) in [6, 6.07) is 7.40. The summed E-state index contributed by atoms with van der Waals surface area (Å²) in [6.07, 6.45) is 1.18. The summed E-state index contributed by atoms with van der Waals surface area (Å²) in [5.41, 5.74) is 5.59. The van der Waals surface area contributed by atoms with Crippen LogP contribution in [0.15, 0.2) is 41.8 Å². The van der Waals surface area contributed by atoms with Crippen LogP contribution in [0.3, 0.4) is 0 Å². The first-order valence-corrected chi connectivity index (χ1v) is 8.08. The molecule has 1 heterocycles. The van der Waals surface area contributed by atoms with Crippen molar-refractivity contribution in [2.75, 3.05) is 5.32 Å². The van der Waals surface area contributed by atoms with E-state index in [-0.39, 0.29) is 16.1 Å². The maximum atomic E-state index is 13.4. The van der Waals surface area contributed by atoms with Crippen LogP contribution in [0.2, 0.25) is 0 Å². The highest BCUT2D eigenvalue weighted by Gasteiger charge is 2.19. The van der Waals surface area contributed by atoms with E-state index in [9.17, 15) is 18.8 Å². The fraction of sp³-hybridized carbons (Fsp3) is 0.118. The van der Waals surface area contributed by atoms with Crippen molar-refractivity contribution >= 4 is 40.2 Å². The van der Waals surface area contributed by atoms with Crippen LogP contribution in [0, 0.1) is 5.82 Å². The molecule has 130 valence electrons. The number of esters is 1. The third-order valence-corrected chi connectivity index (χ3v) is 3.96. The Balaban J connectivity index is 1.94. The van der Waals surface area contributed by atoms with Crippen LogP contribution in [0.1, 0.15) is 22.8 Å². The Labute approximate surface area is 147 Å². The zero-order valence-electron chi connectivity index (χ0n) is 13.2. The van der Waals surface area contributed by atoms with Gasteiger partial charge in [0.15, 0.2) is 6.10 Å². The number of amides is 2. The molecule has 25 heavy (non-hydrogen) atoms. The maximum Gasteiger partial charge on any atom is 0.331 e. The molecule has 0 aliphatic carbocycles. The Bertz CT molecular complexity index is 832. The first-order chi connectivity index (χ1) is 11.9. The number of carbonyl (C=O) groups is 3. The third-order valence-electron chi connectivity index (χ3n) is 3.13. The number of hydrogen-bond acceptors (Lipinski definition) is 5. The third kappa shape index (κ3) is 4.98. The molecule has 6 nitrogen and oxygen atoms in total. The molecule has 0 unspecified atom stereocenters. The van der Waals surface area contributed by atoms with Crippen LogP contribution in [0.4, 0.5) is 9.39 Å². The second-order valence-corrected chi connectivity index (χ2v) is 5.87. The molecule has 2 rings (SSSR count). The molecule has 0 fully saturated rings. The number of thiophene rings is 1. The van der Waals surface area contributed by atoms with E-state index in [1.165, 1.54) is 37.3 Å². The van der Waals surface area contributed by atoms with Crippen LogP contribution >= 0.6 is 11.3 Å². The Morgan fingerprint density at radius 1 is 1.28 bits per heavy atom. The van der Waals surface area contributed by atoms with E-state index in [0.29, 0.717) is 0 Å². The summed E-state index contributed by atoms with van der Waals surface area (Å²) in [4.78, 5) is 35.0. The van der Waals surface area contributed by atoms with Gasteiger partial charge in [0.25, 0.3) is 11.8 Å². The summed E-state index contributed by atoms with van der Waals surface area (Å²) in [7, 11) is 0. The highest BCUT2D eigenvalue weighted by atomic mass is 32.1. The van der Waals surface area contributed by atoms with Gasteiger partial charge < -0.3 is 15.8 Å². The fourth-order valence-corrected chi connectivity index (χ4v) is 2.64. The molecular formula is C17H15FN2O4S. The van der Waals surface area contributed by atoms with Gasteiger partial charge in [-0.05, 0) is 30.5 Å². The van der Waals surface area contributed by atoms with E-state index in [1.54, 1.807) is 11.4 Å². The van der Waals surface area contributed by atoms with Crippen molar-refractivity contribution in [3.63, 3.8) is 0 Å². The largest absolute Gasteiger partial charge is 0.449 e. The number of nitrogens with two attached hydrogens (primary N) is 1. The van der Waals surface area contributed by atoms with Crippen molar-refractivity contribution in [2.24, 2.45) is 5.73 Å². The normalized spacial score (nSPS) is 11.9. The minimum atomic E-state index is -1.11. The number of halogens is 1. The van der Waals surface area contributed by atoms with E-state index in [1.807, 2.05) is 0 Å². The van der Waals surface area contributed by atoms with Gasteiger partial charge in [-0.2, -0.15) is 0 Å². The lowest BCUT2D eigenvalue weighted by molar-refractivity contribution is -0.148. The van der Waals surface area contributed by atoms with Crippen molar-refractivity contribution < 1.29 is 23.5 Å². The molecule has 1 aromatic heterocycles. The van der Waals surface area contributed by atoms with E-state index < -0.39 is 29.7 Å². The quantitative estimate of drug-likeness (QED) is 0.609. The van der Waals surface area contributed by atoms with Crippen LogP contribution in [-0.4, -0.2) is 23.9 Å². The standard InChI is InChI=1S/C17H15FN2O4S/c1-10(16(23)20-17-12(15(19)22)8-9-25-17)24-14(21)7-6-11-4-2-3-5-13(11)18/h2-10H,1H3,(H2,19,22)(H,20,23)/b7-6+/t10-/m1/s1. The topological polar surface area (TPSA) is 98.5 Å². The van der Waals surface area contributed by atoms with Crippen molar-refractivity contribution in [2.45, 2.75) is 13.0 Å². The van der Waals surface area contributed by atoms with Crippen LogP contribution < -0.4 is 11.1 Å². The molecular weight excluding hydrogens is 347 g/mol. The summed E-state index contributed by atoms with van der Waals surface area (Å²) in [6.45, 7) is 1.38. The van der Waals surface area contributed by atoms with Gasteiger partial charge in [-0.25, -0.2) is 9.18 Å². The molecule has 1 atom stereocenters. The second-order valence-electron chi connectivity index (χ2n) is 4.95. The Morgan fingerprint density at radius 3 is 2.68 bits per heavy atom. The van der Waals surface area contributed by atoms with Crippen LogP contribution in [-0.2, 0) is 14.3 Å². The first kappa shape index (κ1) is 18.3. The predicted molar refractivity (Wildman–Crippen MR) is 92.5 cm³/mol. The highest BCUT2D eigenvalue weighted by Crippen LogP contribution is 2.23. The van der Waals surface area contributed by atoms with Crippen LogP contribution in [0.25, 0.3) is 6.08 Å². The molecule has 3 N–H and O–H groups in total. The van der Waals surface area contributed by atoms with E-state index in [4.69, 9.17) is 10.5 Å². The van der Waals surface area contributed by atoms with Gasteiger partial charge in [0.2, 0.25) is 0 Å². The van der Waals surface area contributed by atoms with Gasteiger partial charge >= 0.3 is 5.97 Å². The second kappa shape index (κ2) is 8.20. The number of carbonyl (C=O) groups excluding carboxylic acids is 3. The zero-order chi connectivity index (χ0) is 18.4. The molecule has 0 saturated carbocycles. The van der Waals surface area contributed by atoms with Gasteiger partial charge in [-0.15, -0.1) is 11.3 Å². The molecule has 0 aliphatic heterocycles. The lowest BCUT2D eigenvalue weighted by Crippen LogP contribution is -2.29. The predicted octanol–water partition coefficient (Wildman–Crippen LogP) is 2.57. The molecule has 0 aliphatic rings. The van der Waals surface area contributed by atoms with Crippen molar-refractivity contribution in [1.29, 1.82) is 0 Å². The van der Waals surface area contributed by atoms with Gasteiger partial charge in [-0.3, -0.25) is 9.59 Å². The number of anilines is 1. The molecule has 0 spiro atoms. The summed E-state index contributed by atoms with van der Waals surface area (Å²) < 4.78 is 18.4. The number of benzene rings is 1. The van der Waals surface area contributed by atoms with E-state index >= 15 is 0 Å².